The summed E-state index contributed by atoms with van der Waals surface area (Å²) in [6.45, 7) is 3.22. The van der Waals surface area contributed by atoms with Crippen LogP contribution in [0.25, 0.3) is 11.3 Å². The molecule has 1 aromatic carbocycles. The van der Waals surface area contributed by atoms with E-state index in [2.05, 4.69) is 35.2 Å². The molecule has 1 fully saturated rings. The predicted molar refractivity (Wildman–Crippen MR) is 127 cm³/mol. The molecule has 34 heavy (non-hydrogen) atoms. The molecular formula is C24H23FN8O. The molecule has 0 radical (unpaired) electrons. The molecule has 1 amide bonds. The molecule has 1 saturated heterocycles. The Hall–Kier alpha value is -4.34. The van der Waals surface area contributed by atoms with Crippen LogP contribution in [0, 0.1) is 5.82 Å². The van der Waals surface area contributed by atoms with Gasteiger partial charge in [0.05, 0.1) is 23.8 Å². The maximum atomic E-state index is 13.2. The Bertz CT molecular complexity index is 1270. The minimum atomic E-state index is -0.330. The fraction of sp³-hybridized carbons (Fsp3) is 0.208. The number of carbonyl (C=O) groups excluding carboxylic acids is 1. The second kappa shape index (κ2) is 9.26. The minimum absolute atomic E-state index is 0.323. The highest BCUT2D eigenvalue weighted by Gasteiger charge is 2.20. The van der Waals surface area contributed by atoms with Crippen LogP contribution in [0.15, 0.2) is 67.1 Å². The summed E-state index contributed by atoms with van der Waals surface area (Å²) in [5.74, 6) is 0.941. The second-order valence-electron chi connectivity index (χ2n) is 7.93. The maximum Gasteiger partial charge on any atom is 0.274 e. The predicted octanol–water partition coefficient (Wildman–Crippen LogP) is 2.99. The summed E-state index contributed by atoms with van der Waals surface area (Å²) in [7, 11) is 1.69. The van der Waals surface area contributed by atoms with Crippen LogP contribution in [-0.4, -0.2) is 56.8 Å². The number of aromatic nitrogens is 5. The van der Waals surface area contributed by atoms with Crippen LogP contribution in [0.1, 0.15) is 10.5 Å². The van der Waals surface area contributed by atoms with Crippen molar-refractivity contribution in [2.24, 2.45) is 7.05 Å². The van der Waals surface area contributed by atoms with E-state index < -0.39 is 0 Å². The largest absolute Gasteiger partial charge is 0.353 e. The summed E-state index contributed by atoms with van der Waals surface area (Å²) < 4.78 is 14.7. The molecule has 9 nitrogen and oxygen atoms in total. The van der Waals surface area contributed by atoms with E-state index >= 15 is 0 Å². The molecule has 0 unspecified atom stereocenters. The lowest BCUT2D eigenvalue weighted by Crippen LogP contribution is -2.47. The number of hydrogen-bond donors (Lipinski definition) is 1. The number of piperazine rings is 1. The molecule has 4 heterocycles. The molecule has 1 aliphatic rings. The van der Waals surface area contributed by atoms with E-state index in [-0.39, 0.29) is 11.7 Å². The molecular weight excluding hydrogens is 435 g/mol. The van der Waals surface area contributed by atoms with Crippen molar-refractivity contribution in [2.45, 2.75) is 0 Å². The zero-order valence-electron chi connectivity index (χ0n) is 18.6. The van der Waals surface area contributed by atoms with Crippen LogP contribution in [0.3, 0.4) is 0 Å². The Morgan fingerprint density at radius 2 is 1.65 bits per heavy atom. The van der Waals surface area contributed by atoms with Gasteiger partial charge in [-0.25, -0.2) is 19.3 Å². The quantitative estimate of drug-likeness (QED) is 0.492. The fourth-order valence-electron chi connectivity index (χ4n) is 3.86. The average molecular weight is 459 g/mol. The molecule has 3 aromatic heterocycles. The van der Waals surface area contributed by atoms with Crippen LogP contribution in [0.2, 0.25) is 0 Å². The number of nitrogens with one attached hydrogen (secondary N) is 1. The van der Waals surface area contributed by atoms with Gasteiger partial charge in [-0.3, -0.25) is 9.48 Å². The summed E-state index contributed by atoms with van der Waals surface area (Å²) in [4.78, 5) is 30.4. The van der Waals surface area contributed by atoms with Gasteiger partial charge in [0, 0.05) is 45.0 Å². The number of rotatable bonds is 5. The van der Waals surface area contributed by atoms with E-state index in [1.807, 2.05) is 18.2 Å². The van der Waals surface area contributed by atoms with Gasteiger partial charge in [0.1, 0.15) is 17.3 Å². The van der Waals surface area contributed by atoms with E-state index in [0.717, 1.165) is 37.6 Å². The lowest BCUT2D eigenvalue weighted by atomic mass is 10.1. The van der Waals surface area contributed by atoms with Gasteiger partial charge >= 0.3 is 0 Å². The van der Waals surface area contributed by atoms with E-state index in [9.17, 15) is 9.18 Å². The number of benzene rings is 1. The smallest absolute Gasteiger partial charge is 0.274 e. The van der Waals surface area contributed by atoms with Gasteiger partial charge in [-0.05, 0) is 42.5 Å². The van der Waals surface area contributed by atoms with Gasteiger partial charge in [0.2, 0.25) is 5.95 Å². The Kier molecular flexibility index (Phi) is 5.86. The summed E-state index contributed by atoms with van der Waals surface area (Å²) in [6, 6.07) is 13.5. The summed E-state index contributed by atoms with van der Waals surface area (Å²) >= 11 is 0. The van der Waals surface area contributed by atoms with Gasteiger partial charge < -0.3 is 15.1 Å². The highest BCUT2D eigenvalue weighted by molar-refractivity contribution is 6.03. The number of carbonyl (C=O) groups is 1. The van der Waals surface area contributed by atoms with Gasteiger partial charge in [-0.2, -0.15) is 5.10 Å². The molecule has 5 rings (SSSR count). The molecule has 10 heteroatoms. The molecule has 4 aromatic rings. The Morgan fingerprint density at radius 3 is 2.32 bits per heavy atom. The van der Waals surface area contributed by atoms with Crippen molar-refractivity contribution in [3.63, 3.8) is 0 Å². The standard InChI is InChI=1S/C24H23FN8O/c1-31-21(14-20(30-31)17-5-7-18(25)8-6-17)23(34)29-19-15-27-24(28-16-19)33-12-10-32(11-13-33)22-4-2-3-9-26-22/h2-9,14-16H,10-13H2,1H3,(H,29,34). The van der Waals surface area contributed by atoms with Gasteiger partial charge in [-0.15, -0.1) is 0 Å². The maximum absolute atomic E-state index is 13.2. The van der Waals surface area contributed by atoms with Crippen molar-refractivity contribution >= 4 is 23.4 Å². The molecule has 0 saturated carbocycles. The molecule has 0 bridgehead atoms. The second-order valence-corrected chi connectivity index (χ2v) is 7.93. The lowest BCUT2D eigenvalue weighted by Gasteiger charge is -2.35. The number of halogens is 1. The van der Waals surface area contributed by atoms with Crippen LogP contribution < -0.4 is 15.1 Å². The average Bonchev–Trinajstić information content (AvgIpc) is 3.27. The first-order valence-electron chi connectivity index (χ1n) is 10.9. The molecule has 0 atom stereocenters. The topological polar surface area (TPSA) is 92.1 Å². The van der Waals surface area contributed by atoms with Crippen LogP contribution >= 0.6 is 0 Å². The van der Waals surface area contributed by atoms with Crippen molar-refractivity contribution in [3.05, 3.63) is 78.6 Å². The highest BCUT2D eigenvalue weighted by Crippen LogP contribution is 2.21. The van der Waals surface area contributed by atoms with Gasteiger partial charge in [-0.1, -0.05) is 6.07 Å². The van der Waals surface area contributed by atoms with Crippen LogP contribution in [0.4, 0.5) is 21.8 Å². The van der Waals surface area contributed by atoms with Crippen LogP contribution in [-0.2, 0) is 7.05 Å². The third-order valence-corrected chi connectivity index (χ3v) is 5.68. The summed E-state index contributed by atoms with van der Waals surface area (Å²) in [6.07, 6.45) is 5.00. The molecule has 1 N–H and O–H groups in total. The monoisotopic (exact) mass is 458 g/mol. The number of amides is 1. The Balaban J connectivity index is 1.21. The van der Waals surface area contributed by atoms with Gasteiger partial charge in [0.25, 0.3) is 5.91 Å². The number of aryl methyl sites for hydroxylation is 1. The zero-order valence-corrected chi connectivity index (χ0v) is 18.6. The number of anilines is 3. The van der Waals surface area contributed by atoms with Gasteiger partial charge in [0.15, 0.2) is 0 Å². The third-order valence-electron chi connectivity index (χ3n) is 5.68. The van der Waals surface area contributed by atoms with Crippen LogP contribution in [0.5, 0.6) is 0 Å². The number of nitrogens with zero attached hydrogens (tertiary/aromatic N) is 7. The third kappa shape index (κ3) is 4.56. The van der Waals surface area contributed by atoms with E-state index in [1.54, 1.807) is 43.8 Å². The van der Waals surface area contributed by atoms with E-state index in [4.69, 9.17) is 0 Å². The summed E-state index contributed by atoms with van der Waals surface area (Å²) in [5.41, 5.74) is 2.18. The van der Waals surface area contributed by atoms with Crippen molar-refractivity contribution < 1.29 is 9.18 Å². The zero-order chi connectivity index (χ0) is 23.5. The molecule has 1 aliphatic heterocycles. The molecule has 0 spiro atoms. The van der Waals surface area contributed by atoms with E-state index in [1.165, 1.54) is 16.8 Å². The van der Waals surface area contributed by atoms with Crippen molar-refractivity contribution in [2.75, 3.05) is 41.3 Å². The fourth-order valence-corrected chi connectivity index (χ4v) is 3.86. The van der Waals surface area contributed by atoms with Crippen molar-refractivity contribution in [1.29, 1.82) is 0 Å². The summed E-state index contributed by atoms with van der Waals surface area (Å²) in [5, 5.41) is 7.18. The first-order valence-corrected chi connectivity index (χ1v) is 10.9. The van der Waals surface area contributed by atoms with Crippen molar-refractivity contribution in [1.82, 2.24) is 24.7 Å². The normalized spacial score (nSPS) is 13.7. The minimum Gasteiger partial charge on any atom is -0.353 e. The Morgan fingerprint density at radius 1 is 0.941 bits per heavy atom. The number of hydrogen-bond acceptors (Lipinski definition) is 7. The first-order chi connectivity index (χ1) is 16.6. The molecule has 0 aliphatic carbocycles. The first kappa shape index (κ1) is 21.5. The molecule has 172 valence electrons. The Labute approximate surface area is 195 Å². The lowest BCUT2D eigenvalue weighted by molar-refractivity contribution is 0.101. The number of pyridine rings is 1. The van der Waals surface area contributed by atoms with E-state index in [0.29, 0.717) is 23.0 Å². The van der Waals surface area contributed by atoms with Crippen molar-refractivity contribution in [3.8, 4) is 11.3 Å². The SMILES string of the molecule is Cn1nc(-c2ccc(F)cc2)cc1C(=O)Nc1cnc(N2CCN(c3ccccn3)CC2)nc1. The highest BCUT2D eigenvalue weighted by atomic mass is 19.1.